The van der Waals surface area contributed by atoms with Crippen molar-refractivity contribution in [3.05, 3.63) is 70.5 Å². The lowest BCUT2D eigenvalue weighted by Gasteiger charge is -2.02. The van der Waals surface area contributed by atoms with Gasteiger partial charge in [-0.3, -0.25) is 4.79 Å². The van der Waals surface area contributed by atoms with Crippen LogP contribution in [0.1, 0.15) is 28.2 Å². The fourth-order valence-corrected chi connectivity index (χ4v) is 2.16. The molecule has 9 nitrogen and oxygen atoms in total. The lowest BCUT2D eigenvalue weighted by Crippen LogP contribution is -2.13. The number of anilines is 1. The van der Waals surface area contributed by atoms with Gasteiger partial charge in [-0.15, -0.1) is 0 Å². The van der Waals surface area contributed by atoms with Crippen molar-refractivity contribution in [3.63, 3.8) is 0 Å². The third-order valence-electron chi connectivity index (χ3n) is 3.38. The summed E-state index contributed by atoms with van der Waals surface area (Å²) in [5.74, 6) is -0.690. The van der Waals surface area contributed by atoms with Crippen LogP contribution in [0.15, 0.2) is 52.7 Å². The highest BCUT2D eigenvalue weighted by Gasteiger charge is 2.21. The summed E-state index contributed by atoms with van der Waals surface area (Å²) in [4.78, 5) is 18.3. The average molecular weight is 359 g/mol. The van der Waals surface area contributed by atoms with E-state index in [1.807, 2.05) is 0 Å². The Hall–Kier alpha value is -3.72. The molecular weight excluding hydrogens is 348 g/mol. The van der Waals surface area contributed by atoms with Crippen LogP contribution >= 0.6 is 0 Å². The van der Waals surface area contributed by atoms with E-state index in [1.54, 1.807) is 24.3 Å². The van der Waals surface area contributed by atoms with Crippen LogP contribution < -0.4 is 5.32 Å². The number of nitrogens with zero attached hydrogens (tertiary/aromatic N) is 6. The van der Waals surface area contributed by atoms with Crippen LogP contribution in [0, 0.1) is 0 Å². The van der Waals surface area contributed by atoms with Gasteiger partial charge in [0.05, 0.1) is 24.1 Å². The van der Waals surface area contributed by atoms with E-state index >= 15 is 0 Å². The number of benzene rings is 1. The van der Waals surface area contributed by atoms with E-state index < -0.39 is 18.0 Å². The van der Waals surface area contributed by atoms with E-state index in [4.69, 9.17) is 9.95 Å². The van der Waals surface area contributed by atoms with E-state index in [1.165, 1.54) is 10.9 Å². The Balaban J connectivity index is 1.87. The number of rotatable bonds is 6. The molecule has 1 aromatic carbocycles. The van der Waals surface area contributed by atoms with Gasteiger partial charge in [0.1, 0.15) is 6.26 Å². The van der Waals surface area contributed by atoms with Gasteiger partial charge in [0.15, 0.2) is 17.8 Å². The lowest BCUT2D eigenvalue weighted by molar-refractivity contribution is 0.102. The van der Waals surface area contributed by atoms with Gasteiger partial charge in [-0.1, -0.05) is 17.2 Å². The van der Waals surface area contributed by atoms with Crippen LogP contribution in [0.2, 0.25) is 0 Å². The van der Waals surface area contributed by atoms with Gasteiger partial charge in [-0.25, -0.2) is 18.4 Å². The standard InChI is InChI=1S/C15H11F2N7O2/c16-14(17)13-11(21-15(25)12-7-26-8-19-12)6-24(22-13)10-3-1-9(2-4-10)5-20-23-18/h1-4,6-8,14H,5H2,(H,21,25). The number of hydrogen-bond donors (Lipinski definition) is 1. The smallest absolute Gasteiger partial charge is 0.284 e. The van der Waals surface area contributed by atoms with Gasteiger partial charge in [-0.2, -0.15) is 5.10 Å². The van der Waals surface area contributed by atoms with Crippen molar-refractivity contribution in [1.82, 2.24) is 14.8 Å². The first-order valence-electron chi connectivity index (χ1n) is 7.26. The Morgan fingerprint density at radius 2 is 2.15 bits per heavy atom. The molecule has 132 valence electrons. The highest BCUT2D eigenvalue weighted by Crippen LogP contribution is 2.27. The molecule has 0 fully saturated rings. The van der Waals surface area contributed by atoms with E-state index in [2.05, 4.69) is 25.4 Å². The second-order valence-electron chi connectivity index (χ2n) is 5.06. The summed E-state index contributed by atoms with van der Waals surface area (Å²) in [5.41, 5.74) is 8.83. The van der Waals surface area contributed by atoms with Crippen molar-refractivity contribution in [2.75, 3.05) is 5.32 Å². The molecule has 0 atom stereocenters. The lowest BCUT2D eigenvalue weighted by atomic mass is 10.2. The molecule has 0 aliphatic carbocycles. The predicted molar refractivity (Wildman–Crippen MR) is 85.8 cm³/mol. The third-order valence-corrected chi connectivity index (χ3v) is 3.38. The minimum absolute atomic E-state index is 0.0413. The molecule has 3 rings (SSSR count). The van der Waals surface area contributed by atoms with Crippen LogP contribution in [0.5, 0.6) is 0 Å². The van der Waals surface area contributed by atoms with Crippen molar-refractivity contribution in [2.45, 2.75) is 13.0 Å². The highest BCUT2D eigenvalue weighted by atomic mass is 19.3. The number of alkyl halides is 2. The molecule has 0 spiro atoms. The molecule has 0 saturated heterocycles. The molecular formula is C15H11F2N7O2. The number of halogens is 2. The minimum Gasteiger partial charge on any atom is -0.451 e. The van der Waals surface area contributed by atoms with Gasteiger partial charge >= 0.3 is 0 Å². The highest BCUT2D eigenvalue weighted by molar-refractivity contribution is 6.02. The first-order chi connectivity index (χ1) is 12.6. The maximum absolute atomic E-state index is 13.2. The first kappa shape index (κ1) is 17.1. The molecule has 3 aromatic rings. The molecule has 2 aromatic heterocycles. The summed E-state index contributed by atoms with van der Waals surface area (Å²) in [5, 5.41) is 9.62. The summed E-state index contributed by atoms with van der Waals surface area (Å²) in [6.45, 7) is 0.178. The van der Waals surface area contributed by atoms with Crippen LogP contribution in [-0.4, -0.2) is 20.7 Å². The quantitative estimate of drug-likeness (QED) is 0.408. The summed E-state index contributed by atoms with van der Waals surface area (Å²) in [6.07, 6.45) is 0.560. The topological polar surface area (TPSA) is 122 Å². The number of azide groups is 1. The molecule has 2 heterocycles. The van der Waals surface area contributed by atoms with Crippen LogP contribution in [0.4, 0.5) is 14.5 Å². The van der Waals surface area contributed by atoms with Crippen molar-refractivity contribution in [2.24, 2.45) is 5.11 Å². The second kappa shape index (κ2) is 7.45. The fourth-order valence-electron chi connectivity index (χ4n) is 2.16. The summed E-state index contributed by atoms with van der Waals surface area (Å²) in [6, 6.07) is 6.63. The van der Waals surface area contributed by atoms with Crippen LogP contribution in [0.3, 0.4) is 0 Å². The fraction of sp³-hybridized carbons (Fsp3) is 0.133. The molecule has 0 aliphatic heterocycles. The number of hydrogen-bond acceptors (Lipinski definition) is 5. The SMILES string of the molecule is [N-]=[N+]=NCc1ccc(-n2cc(NC(=O)c3cocn3)c(C(F)F)n2)cc1. The zero-order valence-electron chi connectivity index (χ0n) is 13.1. The predicted octanol–water partition coefficient (Wildman–Crippen LogP) is 3.86. The largest absolute Gasteiger partial charge is 0.451 e. The Morgan fingerprint density at radius 3 is 2.77 bits per heavy atom. The maximum atomic E-state index is 13.2. The van der Waals surface area contributed by atoms with E-state index in [-0.39, 0.29) is 17.9 Å². The van der Waals surface area contributed by atoms with Crippen molar-refractivity contribution < 1.29 is 18.0 Å². The Bertz CT molecular complexity index is 945. The molecule has 0 aliphatic rings. The number of carbonyl (C=O) groups is 1. The monoisotopic (exact) mass is 359 g/mol. The van der Waals surface area contributed by atoms with Crippen molar-refractivity contribution >= 4 is 11.6 Å². The molecule has 0 saturated carbocycles. The molecule has 0 radical (unpaired) electrons. The molecule has 0 unspecified atom stereocenters. The zero-order valence-corrected chi connectivity index (χ0v) is 13.1. The van der Waals surface area contributed by atoms with Gasteiger partial charge in [0.2, 0.25) is 0 Å². The molecule has 1 amide bonds. The van der Waals surface area contributed by atoms with Gasteiger partial charge < -0.3 is 9.73 Å². The average Bonchev–Trinajstić information content (AvgIpc) is 3.30. The van der Waals surface area contributed by atoms with Crippen LogP contribution in [0.25, 0.3) is 16.1 Å². The molecule has 26 heavy (non-hydrogen) atoms. The number of amides is 1. The Labute approximate surface area is 144 Å². The summed E-state index contributed by atoms with van der Waals surface area (Å²) >= 11 is 0. The van der Waals surface area contributed by atoms with E-state index in [9.17, 15) is 13.6 Å². The minimum atomic E-state index is -2.88. The summed E-state index contributed by atoms with van der Waals surface area (Å²) in [7, 11) is 0. The van der Waals surface area contributed by atoms with Crippen LogP contribution in [-0.2, 0) is 6.54 Å². The molecule has 11 heteroatoms. The van der Waals surface area contributed by atoms with Crippen molar-refractivity contribution in [1.29, 1.82) is 0 Å². The Kier molecular flexibility index (Phi) is 4.90. The zero-order chi connectivity index (χ0) is 18.5. The van der Waals surface area contributed by atoms with Gasteiger partial charge in [0.25, 0.3) is 12.3 Å². The normalized spacial score (nSPS) is 10.6. The summed E-state index contributed by atoms with van der Waals surface area (Å²) < 4.78 is 32.4. The van der Waals surface area contributed by atoms with E-state index in [0.717, 1.165) is 18.2 Å². The number of oxazole rings is 1. The van der Waals surface area contributed by atoms with Crippen molar-refractivity contribution in [3.8, 4) is 5.69 Å². The number of carbonyl (C=O) groups excluding carboxylic acids is 1. The van der Waals surface area contributed by atoms with Gasteiger partial charge in [-0.05, 0) is 23.2 Å². The number of nitrogens with one attached hydrogen (secondary N) is 1. The molecule has 0 bridgehead atoms. The maximum Gasteiger partial charge on any atom is 0.284 e. The Morgan fingerprint density at radius 1 is 1.38 bits per heavy atom. The van der Waals surface area contributed by atoms with E-state index in [0.29, 0.717) is 5.69 Å². The van der Waals surface area contributed by atoms with Gasteiger partial charge in [0, 0.05) is 4.91 Å². The number of aromatic nitrogens is 3. The third kappa shape index (κ3) is 3.68. The second-order valence-corrected chi connectivity index (χ2v) is 5.06. The first-order valence-corrected chi connectivity index (χ1v) is 7.26. The molecule has 1 N–H and O–H groups in total.